The quantitative estimate of drug-likeness (QED) is 0.468. The first-order valence-corrected chi connectivity index (χ1v) is 3.72. The number of hydrogen-bond donors (Lipinski definition) is 3. The van der Waals surface area contributed by atoms with Crippen molar-refractivity contribution in [1.82, 2.24) is 5.32 Å². The Labute approximate surface area is 67.2 Å². The van der Waals surface area contributed by atoms with Crippen LogP contribution in [0, 0.1) is 0 Å². The molecule has 0 aromatic rings. The molecule has 0 aliphatic carbocycles. The van der Waals surface area contributed by atoms with Gasteiger partial charge < -0.3 is 20.3 Å². The fourth-order valence-corrected chi connectivity index (χ4v) is 0.710. The summed E-state index contributed by atoms with van der Waals surface area (Å²) in [5.41, 5.74) is 0. The second-order valence-corrected chi connectivity index (χ2v) is 2.62. The summed E-state index contributed by atoms with van der Waals surface area (Å²) in [6.45, 7) is 2.97. The monoisotopic (exact) mass is 163 g/mol. The van der Waals surface area contributed by atoms with Crippen LogP contribution < -0.4 is 5.32 Å². The molecule has 4 nitrogen and oxygen atoms in total. The highest BCUT2D eigenvalue weighted by Gasteiger charge is 2.02. The molecule has 0 aromatic carbocycles. The molecule has 0 aliphatic heterocycles. The minimum Gasteiger partial charge on any atom is -0.392 e. The summed E-state index contributed by atoms with van der Waals surface area (Å²) >= 11 is 0. The van der Waals surface area contributed by atoms with Crippen molar-refractivity contribution in [2.24, 2.45) is 0 Å². The fraction of sp³-hybridized carbons (Fsp3) is 1.00. The molecule has 0 radical (unpaired) electrons. The smallest absolute Gasteiger partial charge is 0.0897 e. The third kappa shape index (κ3) is 7.74. The first-order chi connectivity index (χ1) is 5.16. The van der Waals surface area contributed by atoms with Gasteiger partial charge in [0.15, 0.2) is 0 Å². The van der Waals surface area contributed by atoms with E-state index in [9.17, 15) is 0 Å². The third-order valence-corrected chi connectivity index (χ3v) is 1.18. The standard InChI is InChI=1S/C7H17NO3/c1-6(9)3-8-4-7(10)5-11-2/h6-10H,3-5H2,1-2H3. The molecule has 0 amide bonds. The summed E-state index contributed by atoms with van der Waals surface area (Å²) in [5.74, 6) is 0. The molecule has 2 unspecified atom stereocenters. The van der Waals surface area contributed by atoms with Gasteiger partial charge in [-0.3, -0.25) is 0 Å². The van der Waals surface area contributed by atoms with Gasteiger partial charge in [-0.1, -0.05) is 0 Å². The van der Waals surface area contributed by atoms with Crippen LogP contribution in [0.2, 0.25) is 0 Å². The van der Waals surface area contributed by atoms with E-state index in [0.29, 0.717) is 19.7 Å². The molecule has 3 N–H and O–H groups in total. The molecule has 0 fully saturated rings. The highest BCUT2D eigenvalue weighted by molar-refractivity contribution is 4.59. The van der Waals surface area contributed by atoms with Crippen molar-refractivity contribution in [1.29, 1.82) is 0 Å². The van der Waals surface area contributed by atoms with Gasteiger partial charge in [-0.25, -0.2) is 0 Å². The van der Waals surface area contributed by atoms with Gasteiger partial charge in [0, 0.05) is 20.2 Å². The lowest BCUT2D eigenvalue weighted by atomic mass is 10.3. The first kappa shape index (κ1) is 10.8. The number of aliphatic hydroxyl groups is 2. The molecule has 4 heteroatoms. The predicted octanol–water partition coefficient (Wildman–Crippen LogP) is -1.04. The lowest BCUT2D eigenvalue weighted by Crippen LogP contribution is -2.34. The summed E-state index contributed by atoms with van der Waals surface area (Å²) in [6, 6.07) is 0. The topological polar surface area (TPSA) is 61.7 Å². The van der Waals surface area contributed by atoms with E-state index in [-0.39, 0.29) is 6.10 Å². The summed E-state index contributed by atoms with van der Waals surface area (Å²) in [7, 11) is 1.54. The maximum absolute atomic E-state index is 9.09. The maximum atomic E-state index is 9.09. The van der Waals surface area contributed by atoms with E-state index < -0.39 is 6.10 Å². The van der Waals surface area contributed by atoms with Crippen molar-refractivity contribution < 1.29 is 14.9 Å². The van der Waals surface area contributed by atoms with Gasteiger partial charge in [0.05, 0.1) is 18.8 Å². The van der Waals surface area contributed by atoms with Gasteiger partial charge >= 0.3 is 0 Å². The van der Waals surface area contributed by atoms with Crippen LogP contribution in [0.4, 0.5) is 0 Å². The van der Waals surface area contributed by atoms with E-state index >= 15 is 0 Å². The van der Waals surface area contributed by atoms with Crippen molar-refractivity contribution in [3.8, 4) is 0 Å². The van der Waals surface area contributed by atoms with Crippen LogP contribution in [0.1, 0.15) is 6.92 Å². The van der Waals surface area contributed by atoms with Crippen molar-refractivity contribution in [3.05, 3.63) is 0 Å². The largest absolute Gasteiger partial charge is 0.392 e. The summed E-state index contributed by atoms with van der Waals surface area (Å²) in [6.07, 6.45) is -0.858. The number of nitrogens with one attached hydrogen (secondary N) is 1. The molecule has 0 rings (SSSR count). The molecule has 68 valence electrons. The average molecular weight is 163 g/mol. The zero-order valence-corrected chi connectivity index (χ0v) is 7.08. The van der Waals surface area contributed by atoms with E-state index in [1.807, 2.05) is 0 Å². The number of hydrogen-bond acceptors (Lipinski definition) is 4. The number of ether oxygens (including phenoxy) is 1. The van der Waals surface area contributed by atoms with Crippen molar-refractivity contribution in [3.63, 3.8) is 0 Å². The molecule has 0 aliphatic rings. The second kappa shape index (κ2) is 6.54. The maximum Gasteiger partial charge on any atom is 0.0897 e. The van der Waals surface area contributed by atoms with Crippen LogP contribution in [-0.2, 0) is 4.74 Å². The van der Waals surface area contributed by atoms with E-state index in [0.717, 1.165) is 0 Å². The van der Waals surface area contributed by atoms with Gasteiger partial charge in [-0.05, 0) is 6.92 Å². The Kier molecular flexibility index (Phi) is 6.45. The molecular weight excluding hydrogens is 146 g/mol. The summed E-state index contributed by atoms with van der Waals surface area (Å²) < 4.78 is 4.71. The first-order valence-electron chi connectivity index (χ1n) is 3.72. The molecule has 11 heavy (non-hydrogen) atoms. The molecule has 0 bridgehead atoms. The molecular formula is C7H17NO3. The SMILES string of the molecule is COCC(O)CNCC(C)O. The lowest BCUT2D eigenvalue weighted by Gasteiger charge is -2.11. The highest BCUT2D eigenvalue weighted by atomic mass is 16.5. The highest BCUT2D eigenvalue weighted by Crippen LogP contribution is 1.81. The zero-order valence-electron chi connectivity index (χ0n) is 7.08. The van der Waals surface area contributed by atoms with Crippen molar-refractivity contribution in [2.75, 3.05) is 26.8 Å². The Morgan fingerprint density at radius 1 is 1.36 bits per heavy atom. The van der Waals surface area contributed by atoms with Gasteiger partial charge in [0.25, 0.3) is 0 Å². The normalized spacial score (nSPS) is 16.4. The van der Waals surface area contributed by atoms with Gasteiger partial charge in [-0.2, -0.15) is 0 Å². The molecule has 2 atom stereocenters. The van der Waals surface area contributed by atoms with E-state index in [2.05, 4.69) is 5.32 Å². The van der Waals surface area contributed by atoms with Crippen LogP contribution in [0.3, 0.4) is 0 Å². The second-order valence-electron chi connectivity index (χ2n) is 2.62. The predicted molar refractivity (Wildman–Crippen MR) is 42.4 cm³/mol. The number of aliphatic hydroxyl groups excluding tert-OH is 2. The molecule has 0 heterocycles. The van der Waals surface area contributed by atoms with Crippen LogP contribution in [0.5, 0.6) is 0 Å². The Morgan fingerprint density at radius 3 is 2.45 bits per heavy atom. The Hall–Kier alpha value is -0.160. The van der Waals surface area contributed by atoms with Crippen LogP contribution in [-0.4, -0.2) is 49.2 Å². The zero-order chi connectivity index (χ0) is 8.69. The van der Waals surface area contributed by atoms with Crippen LogP contribution in [0.25, 0.3) is 0 Å². The van der Waals surface area contributed by atoms with E-state index in [1.54, 1.807) is 6.92 Å². The van der Waals surface area contributed by atoms with Gasteiger partial charge in [-0.15, -0.1) is 0 Å². The van der Waals surface area contributed by atoms with Crippen molar-refractivity contribution in [2.45, 2.75) is 19.1 Å². The van der Waals surface area contributed by atoms with E-state index in [4.69, 9.17) is 14.9 Å². The molecule has 0 saturated carbocycles. The lowest BCUT2D eigenvalue weighted by molar-refractivity contribution is 0.0622. The summed E-state index contributed by atoms with van der Waals surface area (Å²) in [4.78, 5) is 0. The van der Waals surface area contributed by atoms with Gasteiger partial charge in [0.2, 0.25) is 0 Å². The molecule has 0 aromatic heterocycles. The molecule has 0 spiro atoms. The Bertz CT molecular complexity index is 87.8. The minimum absolute atomic E-state index is 0.326. The van der Waals surface area contributed by atoms with Crippen LogP contribution >= 0.6 is 0 Å². The van der Waals surface area contributed by atoms with Crippen molar-refractivity contribution >= 4 is 0 Å². The Balaban J connectivity index is 3.10. The van der Waals surface area contributed by atoms with E-state index in [1.165, 1.54) is 7.11 Å². The Morgan fingerprint density at radius 2 is 2.00 bits per heavy atom. The molecule has 0 saturated heterocycles. The fourth-order valence-electron chi connectivity index (χ4n) is 0.710. The number of methoxy groups -OCH3 is 1. The van der Waals surface area contributed by atoms with Gasteiger partial charge in [0.1, 0.15) is 0 Å². The van der Waals surface area contributed by atoms with Crippen LogP contribution in [0.15, 0.2) is 0 Å². The number of rotatable bonds is 6. The minimum atomic E-state index is -0.487. The average Bonchev–Trinajstić information content (AvgIpc) is 1.87. The third-order valence-electron chi connectivity index (χ3n) is 1.18. The summed E-state index contributed by atoms with van der Waals surface area (Å²) in [5, 5.41) is 20.8.